The largest absolute Gasteiger partial charge is 0.494 e. The summed E-state index contributed by atoms with van der Waals surface area (Å²) in [4.78, 5) is 12.7. The summed E-state index contributed by atoms with van der Waals surface area (Å²) in [5.74, 6) is 0.900. The van der Waals surface area contributed by atoms with Gasteiger partial charge >= 0.3 is 0 Å². The van der Waals surface area contributed by atoms with E-state index in [1.165, 1.54) is 16.7 Å². The van der Waals surface area contributed by atoms with Gasteiger partial charge in [-0.05, 0) is 62.1 Å². The molecule has 1 N–H and O–H groups in total. The number of nitrogens with one attached hydrogen (secondary N) is 1. The van der Waals surface area contributed by atoms with Crippen LogP contribution in [0.3, 0.4) is 0 Å². The van der Waals surface area contributed by atoms with Crippen molar-refractivity contribution in [3.63, 3.8) is 0 Å². The van der Waals surface area contributed by atoms with Gasteiger partial charge in [0.15, 0.2) is 0 Å². The Balaban J connectivity index is 2.20. The molecule has 0 spiro atoms. The molecule has 3 heteroatoms. The molecule has 140 valence electrons. The van der Waals surface area contributed by atoms with Crippen molar-refractivity contribution >= 4 is 11.6 Å². The van der Waals surface area contributed by atoms with Crippen LogP contribution in [0.1, 0.15) is 56.4 Å². The predicted octanol–water partition coefficient (Wildman–Crippen LogP) is 5.57. The molecule has 0 fully saturated rings. The average molecular weight is 354 g/mol. The summed E-state index contributed by atoms with van der Waals surface area (Å²) in [7, 11) is 0. The average Bonchev–Trinajstić information content (AvgIpc) is 2.54. The molecule has 0 aromatic heterocycles. The molecule has 0 saturated carbocycles. The van der Waals surface area contributed by atoms with Crippen LogP contribution in [0.4, 0.5) is 5.69 Å². The van der Waals surface area contributed by atoms with E-state index in [0.29, 0.717) is 13.0 Å². The number of carbonyl (C=O) groups excluding carboxylic acids is 1. The lowest BCUT2D eigenvalue weighted by molar-refractivity contribution is -0.117. The van der Waals surface area contributed by atoms with Crippen LogP contribution in [0.25, 0.3) is 0 Å². The summed E-state index contributed by atoms with van der Waals surface area (Å²) < 4.78 is 5.88. The molecular weight excluding hydrogens is 322 g/mol. The van der Waals surface area contributed by atoms with Crippen molar-refractivity contribution in [2.45, 2.75) is 59.8 Å². The standard InChI is InChI=1S/C23H31NO2/c1-7-18-9-11-19(12-10-18)24-21(25)15-23(5,6)22-17(4)13-16(3)14-20(22)26-8-2/h9-14H,7-8,15H2,1-6H3,(H,24,25). The topological polar surface area (TPSA) is 38.3 Å². The number of amides is 1. The molecule has 2 aromatic rings. The SMILES string of the molecule is CCOc1cc(C)cc(C)c1C(C)(C)CC(=O)Nc1ccc(CC)cc1. The third-order valence-corrected chi connectivity index (χ3v) is 4.67. The summed E-state index contributed by atoms with van der Waals surface area (Å²) in [6.45, 7) is 13.1. The van der Waals surface area contributed by atoms with Gasteiger partial charge in [-0.2, -0.15) is 0 Å². The highest BCUT2D eigenvalue weighted by Crippen LogP contribution is 2.38. The zero-order valence-electron chi connectivity index (χ0n) is 16.9. The minimum atomic E-state index is -0.324. The summed E-state index contributed by atoms with van der Waals surface area (Å²) in [6.07, 6.45) is 1.39. The molecular formula is C23H31NO2. The Labute approximate surface area is 157 Å². The third kappa shape index (κ3) is 4.87. The summed E-state index contributed by atoms with van der Waals surface area (Å²) in [5.41, 5.74) is 5.23. The molecule has 2 aromatic carbocycles. The quantitative estimate of drug-likeness (QED) is 0.706. The fraction of sp³-hybridized carbons (Fsp3) is 0.435. The Morgan fingerprint density at radius 3 is 2.31 bits per heavy atom. The first-order chi connectivity index (χ1) is 12.3. The first-order valence-corrected chi connectivity index (χ1v) is 9.40. The zero-order chi connectivity index (χ0) is 19.3. The van der Waals surface area contributed by atoms with Crippen LogP contribution in [0.5, 0.6) is 5.75 Å². The number of ether oxygens (including phenoxy) is 1. The van der Waals surface area contributed by atoms with Crippen molar-refractivity contribution in [1.82, 2.24) is 0 Å². The van der Waals surface area contributed by atoms with Gasteiger partial charge in [0.1, 0.15) is 5.75 Å². The van der Waals surface area contributed by atoms with Gasteiger partial charge < -0.3 is 10.1 Å². The zero-order valence-corrected chi connectivity index (χ0v) is 16.9. The maximum atomic E-state index is 12.7. The molecule has 0 bridgehead atoms. The van der Waals surface area contributed by atoms with Crippen LogP contribution < -0.4 is 10.1 Å². The van der Waals surface area contributed by atoms with E-state index in [1.54, 1.807) is 0 Å². The molecule has 0 aliphatic carbocycles. The van der Waals surface area contributed by atoms with E-state index in [-0.39, 0.29) is 11.3 Å². The van der Waals surface area contributed by atoms with Crippen LogP contribution >= 0.6 is 0 Å². The molecule has 0 heterocycles. The fourth-order valence-corrected chi connectivity index (χ4v) is 3.58. The van der Waals surface area contributed by atoms with Crippen molar-refractivity contribution in [2.75, 3.05) is 11.9 Å². The second-order valence-electron chi connectivity index (χ2n) is 7.55. The van der Waals surface area contributed by atoms with Gasteiger partial charge in [0.25, 0.3) is 0 Å². The lowest BCUT2D eigenvalue weighted by Crippen LogP contribution is -2.27. The second kappa shape index (κ2) is 8.39. The highest BCUT2D eigenvalue weighted by atomic mass is 16.5. The molecule has 0 atom stereocenters. The summed E-state index contributed by atoms with van der Waals surface area (Å²) in [6, 6.07) is 12.3. The van der Waals surface area contributed by atoms with Gasteiger partial charge in [0.05, 0.1) is 6.61 Å². The molecule has 3 nitrogen and oxygen atoms in total. The molecule has 0 saturated heterocycles. The maximum Gasteiger partial charge on any atom is 0.225 e. The van der Waals surface area contributed by atoms with Crippen molar-refractivity contribution < 1.29 is 9.53 Å². The Hall–Kier alpha value is -2.29. The van der Waals surface area contributed by atoms with Gasteiger partial charge in [-0.3, -0.25) is 4.79 Å². The van der Waals surface area contributed by atoms with E-state index in [9.17, 15) is 4.79 Å². The smallest absolute Gasteiger partial charge is 0.225 e. The van der Waals surface area contributed by atoms with Crippen LogP contribution in [-0.2, 0) is 16.6 Å². The Morgan fingerprint density at radius 1 is 1.08 bits per heavy atom. The van der Waals surface area contributed by atoms with E-state index < -0.39 is 0 Å². The van der Waals surface area contributed by atoms with Gasteiger partial charge in [-0.1, -0.05) is 39.0 Å². The molecule has 0 radical (unpaired) electrons. The van der Waals surface area contributed by atoms with Gasteiger partial charge in [-0.25, -0.2) is 0 Å². The van der Waals surface area contributed by atoms with Crippen LogP contribution in [0.15, 0.2) is 36.4 Å². The van der Waals surface area contributed by atoms with E-state index in [2.05, 4.69) is 64.2 Å². The van der Waals surface area contributed by atoms with Crippen molar-refractivity contribution in [2.24, 2.45) is 0 Å². The van der Waals surface area contributed by atoms with Gasteiger partial charge in [0.2, 0.25) is 5.91 Å². The molecule has 0 aliphatic rings. The second-order valence-corrected chi connectivity index (χ2v) is 7.55. The fourth-order valence-electron chi connectivity index (χ4n) is 3.58. The number of hydrogen-bond donors (Lipinski definition) is 1. The predicted molar refractivity (Wildman–Crippen MR) is 109 cm³/mol. The van der Waals surface area contributed by atoms with Crippen molar-refractivity contribution in [3.8, 4) is 5.75 Å². The number of rotatable bonds is 7. The monoisotopic (exact) mass is 353 g/mol. The van der Waals surface area contributed by atoms with E-state index >= 15 is 0 Å². The lowest BCUT2D eigenvalue weighted by Gasteiger charge is -2.29. The highest BCUT2D eigenvalue weighted by molar-refractivity contribution is 5.91. The highest BCUT2D eigenvalue weighted by Gasteiger charge is 2.29. The van der Waals surface area contributed by atoms with E-state index in [4.69, 9.17) is 4.74 Å². The minimum absolute atomic E-state index is 0.0154. The first kappa shape index (κ1) is 20.0. The lowest BCUT2D eigenvalue weighted by atomic mass is 9.78. The summed E-state index contributed by atoms with van der Waals surface area (Å²) >= 11 is 0. The Kier molecular flexibility index (Phi) is 6.47. The van der Waals surface area contributed by atoms with Gasteiger partial charge in [-0.15, -0.1) is 0 Å². The number of hydrogen-bond acceptors (Lipinski definition) is 2. The molecule has 1 amide bonds. The number of carbonyl (C=O) groups is 1. The number of benzene rings is 2. The number of aryl methyl sites for hydroxylation is 3. The van der Waals surface area contributed by atoms with Crippen molar-refractivity contribution in [3.05, 3.63) is 58.7 Å². The van der Waals surface area contributed by atoms with Crippen LogP contribution in [-0.4, -0.2) is 12.5 Å². The molecule has 2 rings (SSSR count). The molecule has 0 unspecified atom stereocenters. The molecule has 26 heavy (non-hydrogen) atoms. The first-order valence-electron chi connectivity index (χ1n) is 9.40. The van der Waals surface area contributed by atoms with Crippen molar-refractivity contribution in [1.29, 1.82) is 0 Å². The number of anilines is 1. The van der Waals surface area contributed by atoms with Crippen LogP contribution in [0.2, 0.25) is 0 Å². The maximum absolute atomic E-state index is 12.7. The summed E-state index contributed by atoms with van der Waals surface area (Å²) in [5, 5.41) is 3.02. The normalized spacial score (nSPS) is 11.3. The van der Waals surface area contributed by atoms with Gasteiger partial charge in [0, 0.05) is 23.1 Å². The molecule has 0 aliphatic heterocycles. The third-order valence-electron chi connectivity index (χ3n) is 4.67. The van der Waals surface area contributed by atoms with E-state index in [0.717, 1.165) is 23.4 Å². The minimum Gasteiger partial charge on any atom is -0.494 e. The van der Waals surface area contributed by atoms with Crippen LogP contribution in [0, 0.1) is 13.8 Å². The Bertz CT molecular complexity index is 761. The van der Waals surface area contributed by atoms with E-state index in [1.807, 2.05) is 19.1 Å². The Morgan fingerprint density at radius 2 is 1.73 bits per heavy atom.